The van der Waals surface area contributed by atoms with Crippen molar-refractivity contribution in [3.05, 3.63) is 34.7 Å². The summed E-state index contributed by atoms with van der Waals surface area (Å²) in [7, 11) is 1.55. The quantitative estimate of drug-likeness (QED) is 0.327. The van der Waals surface area contributed by atoms with Gasteiger partial charge in [0, 0.05) is 19.5 Å². The van der Waals surface area contributed by atoms with E-state index in [0.717, 1.165) is 5.56 Å². The summed E-state index contributed by atoms with van der Waals surface area (Å²) >= 11 is 0. The molecule has 1 aromatic rings. The van der Waals surface area contributed by atoms with Gasteiger partial charge in [0.2, 0.25) is 0 Å². The van der Waals surface area contributed by atoms with E-state index in [2.05, 4.69) is 5.29 Å². The fourth-order valence-electron chi connectivity index (χ4n) is 1.16. The van der Waals surface area contributed by atoms with Crippen LogP contribution in [0.25, 0.3) is 0 Å². The van der Waals surface area contributed by atoms with E-state index in [1.165, 1.54) is 11.9 Å². The van der Waals surface area contributed by atoms with Gasteiger partial charge in [-0.25, -0.2) is 0 Å². The van der Waals surface area contributed by atoms with Gasteiger partial charge in [-0.05, 0) is 6.07 Å². The zero-order chi connectivity index (χ0) is 11.3. The molecule has 0 aromatic heterocycles. The van der Waals surface area contributed by atoms with Crippen molar-refractivity contribution in [2.75, 3.05) is 7.05 Å². The second kappa shape index (κ2) is 5.09. The number of para-hydroxylation sites is 1. The van der Waals surface area contributed by atoms with Crippen LogP contribution in [0.5, 0.6) is 5.75 Å². The van der Waals surface area contributed by atoms with Crippen molar-refractivity contribution in [1.82, 2.24) is 5.01 Å². The number of nitrogens with zero attached hydrogens (tertiary/aromatic N) is 2. The van der Waals surface area contributed by atoms with Gasteiger partial charge in [0.25, 0.3) is 0 Å². The number of rotatable bonds is 4. The normalized spacial score (nSPS) is 9.47. The molecular formula is C10H12N2O3. The van der Waals surface area contributed by atoms with Crippen LogP contribution in [-0.2, 0) is 11.3 Å². The van der Waals surface area contributed by atoms with Crippen molar-refractivity contribution in [2.45, 2.75) is 13.5 Å². The zero-order valence-electron chi connectivity index (χ0n) is 8.64. The van der Waals surface area contributed by atoms with Crippen LogP contribution in [0.15, 0.2) is 29.6 Å². The molecule has 0 atom stereocenters. The van der Waals surface area contributed by atoms with Crippen molar-refractivity contribution in [2.24, 2.45) is 5.29 Å². The van der Waals surface area contributed by atoms with E-state index in [4.69, 9.17) is 4.74 Å². The number of benzene rings is 1. The van der Waals surface area contributed by atoms with Crippen LogP contribution in [0.4, 0.5) is 0 Å². The molecule has 0 saturated heterocycles. The summed E-state index contributed by atoms with van der Waals surface area (Å²) in [6.07, 6.45) is 0. The molecule has 0 amide bonds. The average Bonchev–Trinajstić information content (AvgIpc) is 2.20. The Morgan fingerprint density at radius 1 is 1.47 bits per heavy atom. The maximum atomic E-state index is 10.8. The lowest BCUT2D eigenvalue weighted by molar-refractivity contribution is -0.131. The summed E-state index contributed by atoms with van der Waals surface area (Å²) in [6, 6.07) is 7.02. The minimum atomic E-state index is -0.385. The lowest BCUT2D eigenvalue weighted by Crippen LogP contribution is -2.11. The smallest absolute Gasteiger partial charge is 0.308 e. The molecular weight excluding hydrogens is 196 g/mol. The third-order valence-electron chi connectivity index (χ3n) is 1.76. The van der Waals surface area contributed by atoms with Crippen LogP contribution in [0, 0.1) is 4.91 Å². The van der Waals surface area contributed by atoms with E-state index < -0.39 is 0 Å². The molecule has 0 unspecified atom stereocenters. The monoisotopic (exact) mass is 208 g/mol. The molecule has 0 radical (unpaired) electrons. The summed E-state index contributed by atoms with van der Waals surface area (Å²) in [5.74, 6) is 0.0738. The minimum absolute atomic E-state index is 0.312. The summed E-state index contributed by atoms with van der Waals surface area (Å²) in [5, 5.41) is 3.97. The Kier molecular flexibility index (Phi) is 3.79. The molecule has 0 spiro atoms. The highest BCUT2D eigenvalue weighted by molar-refractivity contribution is 5.69. The Morgan fingerprint density at radius 3 is 2.73 bits per heavy atom. The average molecular weight is 208 g/mol. The highest BCUT2D eigenvalue weighted by atomic mass is 16.5. The predicted octanol–water partition coefficient (Wildman–Crippen LogP) is 1.73. The van der Waals surface area contributed by atoms with Crippen LogP contribution in [0.1, 0.15) is 12.5 Å². The Hall–Kier alpha value is -1.91. The Bertz CT molecular complexity index is 365. The van der Waals surface area contributed by atoms with Gasteiger partial charge >= 0.3 is 5.97 Å². The number of nitroso groups, excluding NO2 is 1. The first-order valence-corrected chi connectivity index (χ1v) is 4.44. The third kappa shape index (κ3) is 3.38. The second-order valence-corrected chi connectivity index (χ2v) is 3.10. The highest BCUT2D eigenvalue weighted by Gasteiger charge is 2.07. The predicted molar refractivity (Wildman–Crippen MR) is 55.0 cm³/mol. The van der Waals surface area contributed by atoms with Crippen LogP contribution in [0.2, 0.25) is 0 Å². The molecule has 1 aromatic carbocycles. The van der Waals surface area contributed by atoms with Crippen LogP contribution in [-0.4, -0.2) is 18.0 Å². The highest BCUT2D eigenvalue weighted by Crippen LogP contribution is 2.19. The second-order valence-electron chi connectivity index (χ2n) is 3.10. The molecule has 15 heavy (non-hydrogen) atoms. The molecule has 5 heteroatoms. The van der Waals surface area contributed by atoms with E-state index in [0.29, 0.717) is 12.3 Å². The van der Waals surface area contributed by atoms with Gasteiger partial charge in [0.1, 0.15) is 5.75 Å². The third-order valence-corrected chi connectivity index (χ3v) is 1.76. The SMILES string of the molecule is CC(=O)Oc1ccccc1CN(C)N=O. The first-order valence-electron chi connectivity index (χ1n) is 4.44. The Labute approximate surface area is 87.6 Å². The molecule has 0 saturated carbocycles. The maximum Gasteiger partial charge on any atom is 0.308 e. The van der Waals surface area contributed by atoms with Crippen LogP contribution < -0.4 is 4.74 Å². The number of carbonyl (C=O) groups is 1. The molecule has 0 aliphatic heterocycles. The molecule has 0 fully saturated rings. The Morgan fingerprint density at radius 2 is 2.13 bits per heavy atom. The van der Waals surface area contributed by atoms with E-state index in [9.17, 15) is 9.70 Å². The Balaban J connectivity index is 2.85. The molecule has 1 rings (SSSR count). The summed E-state index contributed by atoms with van der Waals surface area (Å²) in [4.78, 5) is 21.0. The number of carbonyl (C=O) groups excluding carboxylic acids is 1. The lowest BCUT2D eigenvalue weighted by atomic mass is 10.2. The number of ether oxygens (including phenoxy) is 1. The molecule has 0 heterocycles. The van der Waals surface area contributed by atoms with Crippen LogP contribution >= 0.6 is 0 Å². The first-order chi connectivity index (χ1) is 7.13. The molecule has 0 aliphatic carbocycles. The van der Waals surface area contributed by atoms with Gasteiger partial charge in [0.05, 0.1) is 11.8 Å². The van der Waals surface area contributed by atoms with Crippen molar-refractivity contribution in [3.8, 4) is 5.75 Å². The van der Waals surface area contributed by atoms with Crippen molar-refractivity contribution >= 4 is 5.97 Å². The summed E-state index contributed by atoms with van der Waals surface area (Å²) < 4.78 is 4.98. The molecule has 5 nitrogen and oxygen atoms in total. The van der Waals surface area contributed by atoms with E-state index in [-0.39, 0.29) is 5.97 Å². The fraction of sp³-hybridized carbons (Fsp3) is 0.300. The topological polar surface area (TPSA) is 59.0 Å². The first kappa shape index (κ1) is 11.2. The fourth-order valence-corrected chi connectivity index (χ4v) is 1.16. The number of hydrogen-bond acceptors (Lipinski definition) is 4. The van der Waals surface area contributed by atoms with Gasteiger partial charge in [-0.2, -0.15) is 0 Å². The minimum Gasteiger partial charge on any atom is -0.426 e. The standard InChI is InChI=1S/C10H12N2O3/c1-8(13)15-10-6-4-3-5-9(10)7-12(2)11-14/h3-6H,7H2,1-2H3. The number of hydrogen-bond donors (Lipinski definition) is 0. The molecule has 0 aliphatic rings. The largest absolute Gasteiger partial charge is 0.426 e. The van der Waals surface area contributed by atoms with Gasteiger partial charge in [-0.3, -0.25) is 9.80 Å². The van der Waals surface area contributed by atoms with Gasteiger partial charge in [-0.1, -0.05) is 18.2 Å². The van der Waals surface area contributed by atoms with Gasteiger partial charge in [0.15, 0.2) is 0 Å². The molecule has 0 N–H and O–H groups in total. The van der Waals surface area contributed by atoms with Crippen LogP contribution in [0.3, 0.4) is 0 Å². The molecule has 80 valence electrons. The van der Waals surface area contributed by atoms with Crippen molar-refractivity contribution in [3.63, 3.8) is 0 Å². The van der Waals surface area contributed by atoms with E-state index in [1.54, 1.807) is 31.3 Å². The number of esters is 1. The summed E-state index contributed by atoms with van der Waals surface area (Å²) in [5.41, 5.74) is 0.745. The van der Waals surface area contributed by atoms with Gasteiger partial charge in [-0.15, -0.1) is 4.91 Å². The van der Waals surface area contributed by atoms with E-state index >= 15 is 0 Å². The molecule has 0 bridgehead atoms. The summed E-state index contributed by atoms with van der Waals surface area (Å²) in [6.45, 7) is 1.64. The maximum absolute atomic E-state index is 10.8. The van der Waals surface area contributed by atoms with Crippen molar-refractivity contribution in [1.29, 1.82) is 0 Å². The van der Waals surface area contributed by atoms with Gasteiger partial charge < -0.3 is 4.74 Å². The lowest BCUT2D eigenvalue weighted by Gasteiger charge is -2.12. The zero-order valence-corrected chi connectivity index (χ0v) is 8.64. The van der Waals surface area contributed by atoms with Crippen molar-refractivity contribution < 1.29 is 9.53 Å². The van der Waals surface area contributed by atoms with E-state index in [1.807, 2.05) is 0 Å².